The number of rotatable bonds is 5. The van der Waals surface area contributed by atoms with E-state index in [0.29, 0.717) is 23.4 Å². The van der Waals surface area contributed by atoms with Crippen LogP contribution in [0.2, 0.25) is 0 Å². The number of fused-ring (bicyclic) bond motifs is 1. The molecular weight excluding hydrogens is 324 g/mol. The molecule has 4 nitrogen and oxygen atoms in total. The lowest BCUT2D eigenvalue weighted by Crippen LogP contribution is -2.28. The van der Waals surface area contributed by atoms with E-state index in [0.717, 1.165) is 22.2 Å². The van der Waals surface area contributed by atoms with Crippen molar-refractivity contribution in [2.45, 2.75) is 33.9 Å². The number of pyridine rings is 1. The van der Waals surface area contributed by atoms with Gasteiger partial charge < -0.3 is 10.3 Å². The van der Waals surface area contributed by atoms with Gasteiger partial charge in [-0.3, -0.25) is 9.59 Å². The van der Waals surface area contributed by atoms with Gasteiger partial charge in [-0.1, -0.05) is 50.2 Å². The van der Waals surface area contributed by atoms with Gasteiger partial charge in [-0.25, -0.2) is 0 Å². The highest BCUT2D eigenvalue weighted by atomic mass is 16.1. The molecule has 0 radical (unpaired) electrons. The lowest BCUT2D eigenvalue weighted by Gasteiger charge is -2.21. The lowest BCUT2D eigenvalue weighted by molar-refractivity contribution is 0.101. The molecule has 4 heteroatoms. The molecule has 1 heterocycles. The fourth-order valence-electron chi connectivity index (χ4n) is 3.41. The average Bonchev–Trinajstić information content (AvgIpc) is 2.63. The zero-order chi connectivity index (χ0) is 18.8. The van der Waals surface area contributed by atoms with Crippen LogP contribution in [0, 0.1) is 5.92 Å². The second-order valence-corrected chi connectivity index (χ2v) is 7.02. The lowest BCUT2D eigenvalue weighted by atomic mass is 9.94. The Morgan fingerprint density at radius 2 is 1.77 bits per heavy atom. The summed E-state index contributed by atoms with van der Waals surface area (Å²) in [6.45, 7) is 6.56. The Hall–Kier alpha value is -2.72. The summed E-state index contributed by atoms with van der Waals surface area (Å²) in [6, 6.07) is 15.2. The van der Waals surface area contributed by atoms with Crippen LogP contribution in [-0.2, 0) is 13.1 Å². The Kier molecular flexibility index (Phi) is 5.05. The molecule has 0 spiro atoms. The van der Waals surface area contributed by atoms with Crippen molar-refractivity contribution in [2.75, 3.05) is 0 Å². The van der Waals surface area contributed by atoms with Crippen molar-refractivity contribution in [1.29, 1.82) is 0 Å². The molecule has 0 aliphatic carbocycles. The third kappa shape index (κ3) is 3.20. The van der Waals surface area contributed by atoms with Gasteiger partial charge in [-0.2, -0.15) is 0 Å². The number of carbonyl (C=O) groups is 1. The van der Waals surface area contributed by atoms with Crippen LogP contribution in [0.1, 0.15) is 36.8 Å². The van der Waals surface area contributed by atoms with E-state index in [2.05, 4.69) is 13.8 Å². The second kappa shape index (κ2) is 7.26. The van der Waals surface area contributed by atoms with Crippen molar-refractivity contribution in [2.24, 2.45) is 11.7 Å². The number of aromatic nitrogens is 1. The molecule has 0 fully saturated rings. The van der Waals surface area contributed by atoms with Crippen LogP contribution in [0.4, 0.5) is 0 Å². The summed E-state index contributed by atoms with van der Waals surface area (Å²) >= 11 is 0. The topological polar surface area (TPSA) is 65.1 Å². The van der Waals surface area contributed by atoms with E-state index in [4.69, 9.17) is 5.73 Å². The van der Waals surface area contributed by atoms with Crippen molar-refractivity contribution in [3.8, 4) is 11.1 Å². The Morgan fingerprint density at radius 3 is 2.35 bits per heavy atom. The molecule has 0 amide bonds. The van der Waals surface area contributed by atoms with Crippen LogP contribution in [-0.4, -0.2) is 10.4 Å². The second-order valence-electron chi connectivity index (χ2n) is 7.02. The summed E-state index contributed by atoms with van der Waals surface area (Å²) < 4.78 is 1.79. The monoisotopic (exact) mass is 348 g/mol. The number of nitrogens with two attached hydrogens (primary N) is 1. The molecule has 0 saturated heterocycles. The highest BCUT2D eigenvalue weighted by molar-refractivity contribution is 6.03. The SMILES string of the molecule is CC(=O)c1ccc2c(=O)n(CC(C)C)c(CN)c(-c3ccccc3)c2c1. The van der Waals surface area contributed by atoms with Gasteiger partial charge in [0.2, 0.25) is 0 Å². The van der Waals surface area contributed by atoms with Crippen LogP contribution in [0.3, 0.4) is 0 Å². The Bertz CT molecular complexity index is 1020. The molecule has 3 aromatic rings. The quantitative estimate of drug-likeness (QED) is 0.709. The molecule has 3 rings (SSSR count). The van der Waals surface area contributed by atoms with Crippen LogP contribution in [0.5, 0.6) is 0 Å². The predicted octanol–water partition coefficient (Wildman–Crippen LogP) is 3.99. The third-order valence-corrected chi connectivity index (χ3v) is 4.59. The maximum absolute atomic E-state index is 13.1. The third-order valence-electron chi connectivity index (χ3n) is 4.59. The maximum Gasteiger partial charge on any atom is 0.258 e. The molecule has 2 N–H and O–H groups in total. The van der Waals surface area contributed by atoms with Gasteiger partial charge in [0.05, 0.1) is 0 Å². The number of hydrogen-bond acceptors (Lipinski definition) is 3. The first kappa shape index (κ1) is 18.1. The van der Waals surface area contributed by atoms with E-state index in [9.17, 15) is 9.59 Å². The average molecular weight is 348 g/mol. The summed E-state index contributed by atoms with van der Waals surface area (Å²) in [4.78, 5) is 25.0. The summed E-state index contributed by atoms with van der Waals surface area (Å²) in [5, 5.41) is 1.40. The first-order valence-electron chi connectivity index (χ1n) is 8.90. The summed E-state index contributed by atoms with van der Waals surface area (Å²) in [7, 11) is 0. The first-order chi connectivity index (χ1) is 12.4. The number of ketones is 1. The van der Waals surface area contributed by atoms with Crippen LogP contribution in [0.25, 0.3) is 21.9 Å². The van der Waals surface area contributed by atoms with E-state index in [1.165, 1.54) is 6.92 Å². The first-order valence-corrected chi connectivity index (χ1v) is 8.90. The highest BCUT2D eigenvalue weighted by Gasteiger charge is 2.18. The van der Waals surface area contributed by atoms with Gasteiger partial charge in [0.15, 0.2) is 5.78 Å². The minimum atomic E-state index is -0.0519. The molecule has 0 saturated carbocycles. The molecule has 134 valence electrons. The minimum absolute atomic E-state index is 0.0217. The maximum atomic E-state index is 13.1. The number of nitrogens with zero attached hydrogens (tertiary/aromatic N) is 1. The van der Waals surface area contributed by atoms with Crippen molar-refractivity contribution in [3.63, 3.8) is 0 Å². The zero-order valence-electron chi connectivity index (χ0n) is 15.5. The van der Waals surface area contributed by atoms with Crippen LogP contribution in [0.15, 0.2) is 53.3 Å². The van der Waals surface area contributed by atoms with E-state index >= 15 is 0 Å². The molecule has 26 heavy (non-hydrogen) atoms. The van der Waals surface area contributed by atoms with Crippen LogP contribution >= 0.6 is 0 Å². The van der Waals surface area contributed by atoms with Gasteiger partial charge in [-0.05, 0) is 35.9 Å². The number of Topliss-reactive ketones (excluding diaryl/α,β-unsaturated/α-hetero) is 1. The summed E-state index contributed by atoms with van der Waals surface area (Å²) in [5.74, 6) is 0.294. The van der Waals surface area contributed by atoms with Crippen molar-refractivity contribution in [3.05, 3.63) is 70.1 Å². The standard InChI is InChI=1S/C22H24N2O2/c1-14(2)13-24-20(12-23)21(16-7-5-4-6-8-16)19-11-17(15(3)25)9-10-18(19)22(24)26/h4-11,14H,12-13,23H2,1-3H3. The molecule has 2 aromatic carbocycles. The van der Waals surface area contributed by atoms with E-state index in [1.807, 2.05) is 36.4 Å². The van der Waals surface area contributed by atoms with Crippen molar-refractivity contribution < 1.29 is 4.79 Å². The molecule has 0 unspecified atom stereocenters. The fourth-order valence-corrected chi connectivity index (χ4v) is 3.41. The Labute approximate surface area is 153 Å². The normalized spacial score (nSPS) is 11.3. The fraction of sp³-hybridized carbons (Fsp3) is 0.273. The van der Waals surface area contributed by atoms with Gasteiger partial charge >= 0.3 is 0 Å². The summed E-state index contributed by atoms with van der Waals surface area (Å²) in [6.07, 6.45) is 0. The zero-order valence-corrected chi connectivity index (χ0v) is 15.5. The molecule has 0 atom stereocenters. The molecule has 0 aliphatic rings. The smallest absolute Gasteiger partial charge is 0.258 e. The van der Waals surface area contributed by atoms with Gasteiger partial charge in [-0.15, -0.1) is 0 Å². The van der Waals surface area contributed by atoms with Crippen LogP contribution < -0.4 is 11.3 Å². The van der Waals surface area contributed by atoms with Crippen molar-refractivity contribution >= 4 is 16.6 Å². The van der Waals surface area contributed by atoms with E-state index in [1.54, 1.807) is 16.7 Å². The molecule has 0 bridgehead atoms. The van der Waals surface area contributed by atoms with Gasteiger partial charge in [0, 0.05) is 35.3 Å². The minimum Gasteiger partial charge on any atom is -0.325 e. The summed E-state index contributed by atoms with van der Waals surface area (Å²) in [5.41, 5.74) is 9.38. The highest BCUT2D eigenvalue weighted by Crippen LogP contribution is 2.31. The Balaban J connectivity index is 2.49. The van der Waals surface area contributed by atoms with Gasteiger partial charge in [0.25, 0.3) is 5.56 Å². The molecule has 1 aromatic heterocycles. The predicted molar refractivity (Wildman–Crippen MR) is 106 cm³/mol. The van der Waals surface area contributed by atoms with Gasteiger partial charge in [0.1, 0.15) is 0 Å². The largest absolute Gasteiger partial charge is 0.325 e. The number of benzene rings is 2. The molecule has 0 aliphatic heterocycles. The van der Waals surface area contributed by atoms with E-state index < -0.39 is 0 Å². The Morgan fingerprint density at radius 1 is 1.08 bits per heavy atom. The molecular formula is C22H24N2O2. The van der Waals surface area contributed by atoms with Crippen molar-refractivity contribution in [1.82, 2.24) is 4.57 Å². The number of carbonyl (C=O) groups excluding carboxylic acids is 1. The van der Waals surface area contributed by atoms with E-state index in [-0.39, 0.29) is 17.9 Å². The number of hydrogen-bond donors (Lipinski definition) is 1.